The maximum atomic E-state index is 3.36. The average molecular weight is 312 g/mol. The summed E-state index contributed by atoms with van der Waals surface area (Å²) >= 11 is 0. The summed E-state index contributed by atoms with van der Waals surface area (Å²) < 4.78 is 0. The van der Waals surface area contributed by atoms with Crippen LogP contribution in [0.2, 0.25) is 0 Å². The Morgan fingerprint density at radius 1 is 0.955 bits per heavy atom. The molecule has 3 nitrogen and oxygen atoms in total. The number of likely N-dealkylation sites (tertiary alicyclic amines) is 1. The van der Waals surface area contributed by atoms with E-state index in [1.54, 1.807) is 6.08 Å². The van der Waals surface area contributed by atoms with E-state index in [9.17, 15) is 0 Å². The predicted octanol–water partition coefficient (Wildman–Crippen LogP) is 3.57. The lowest BCUT2D eigenvalue weighted by atomic mass is 9.96. The highest BCUT2D eigenvalue weighted by Crippen LogP contribution is 2.18. The third kappa shape index (κ3) is 9.60. The van der Waals surface area contributed by atoms with E-state index in [0.29, 0.717) is 0 Å². The molecule has 0 bridgehead atoms. The predicted molar refractivity (Wildman–Crippen MR) is 101 cm³/mol. The largest absolute Gasteiger partial charge is 0.306 e. The SMILES string of the molecule is C=CC.CC.CCCN1CCN(CC2CCN(C)CC2)CC1. The Labute approximate surface area is 140 Å². The van der Waals surface area contributed by atoms with E-state index in [2.05, 4.69) is 35.3 Å². The Bertz CT molecular complexity index is 239. The van der Waals surface area contributed by atoms with E-state index in [0.717, 1.165) is 5.92 Å². The van der Waals surface area contributed by atoms with Gasteiger partial charge in [-0.1, -0.05) is 26.8 Å². The van der Waals surface area contributed by atoms with Crippen LogP contribution < -0.4 is 0 Å². The number of rotatable bonds is 4. The van der Waals surface area contributed by atoms with Gasteiger partial charge in [0.05, 0.1) is 0 Å². The van der Waals surface area contributed by atoms with Gasteiger partial charge in [0.2, 0.25) is 0 Å². The third-order valence-corrected chi connectivity index (χ3v) is 4.36. The topological polar surface area (TPSA) is 9.72 Å². The summed E-state index contributed by atoms with van der Waals surface area (Å²) in [5, 5.41) is 0. The lowest BCUT2D eigenvalue weighted by Crippen LogP contribution is -2.48. The first-order valence-electron chi connectivity index (χ1n) is 9.39. The highest BCUT2D eigenvalue weighted by Gasteiger charge is 2.22. The van der Waals surface area contributed by atoms with E-state index in [4.69, 9.17) is 0 Å². The lowest BCUT2D eigenvalue weighted by Gasteiger charge is -2.38. The monoisotopic (exact) mass is 311 g/mol. The summed E-state index contributed by atoms with van der Waals surface area (Å²) in [6.45, 7) is 22.0. The molecule has 2 fully saturated rings. The molecular weight excluding hydrogens is 270 g/mol. The second-order valence-electron chi connectivity index (χ2n) is 6.30. The maximum absolute atomic E-state index is 3.36. The molecule has 3 heteroatoms. The molecule has 0 aromatic rings. The Kier molecular flexibility index (Phi) is 14.0. The summed E-state index contributed by atoms with van der Waals surface area (Å²) in [7, 11) is 2.25. The molecule has 132 valence electrons. The number of piperidine rings is 1. The van der Waals surface area contributed by atoms with Crippen molar-refractivity contribution in [3.63, 3.8) is 0 Å². The highest BCUT2D eigenvalue weighted by atomic mass is 15.3. The quantitative estimate of drug-likeness (QED) is 0.735. The van der Waals surface area contributed by atoms with Crippen molar-refractivity contribution in [1.29, 1.82) is 0 Å². The van der Waals surface area contributed by atoms with Crippen LogP contribution >= 0.6 is 0 Å². The number of hydrogen-bond donors (Lipinski definition) is 0. The van der Waals surface area contributed by atoms with Gasteiger partial charge in [0.25, 0.3) is 0 Å². The zero-order valence-electron chi connectivity index (χ0n) is 16.0. The second-order valence-corrected chi connectivity index (χ2v) is 6.30. The highest BCUT2D eigenvalue weighted by molar-refractivity contribution is 4.77. The van der Waals surface area contributed by atoms with E-state index in [1.165, 1.54) is 71.6 Å². The molecule has 0 unspecified atom stereocenters. The Morgan fingerprint density at radius 2 is 1.41 bits per heavy atom. The molecule has 2 aliphatic heterocycles. The molecule has 0 saturated carbocycles. The summed E-state index contributed by atoms with van der Waals surface area (Å²) in [5.41, 5.74) is 0. The van der Waals surface area contributed by atoms with Crippen molar-refractivity contribution in [2.45, 2.75) is 47.0 Å². The minimum atomic E-state index is 0.962. The molecule has 0 aromatic carbocycles. The minimum Gasteiger partial charge on any atom is -0.306 e. The lowest BCUT2D eigenvalue weighted by molar-refractivity contribution is 0.100. The fourth-order valence-corrected chi connectivity index (χ4v) is 3.12. The Hall–Kier alpha value is -0.380. The number of nitrogens with zero attached hydrogens (tertiary/aromatic N) is 3. The fourth-order valence-electron chi connectivity index (χ4n) is 3.12. The van der Waals surface area contributed by atoms with Crippen LogP contribution in [0.3, 0.4) is 0 Å². The van der Waals surface area contributed by atoms with Crippen LogP contribution in [-0.4, -0.2) is 74.1 Å². The minimum absolute atomic E-state index is 0.962. The van der Waals surface area contributed by atoms with Gasteiger partial charge < -0.3 is 14.7 Å². The molecule has 2 heterocycles. The number of piperazine rings is 1. The van der Waals surface area contributed by atoms with Crippen LogP contribution in [0.25, 0.3) is 0 Å². The van der Waals surface area contributed by atoms with E-state index in [1.807, 2.05) is 20.8 Å². The van der Waals surface area contributed by atoms with Gasteiger partial charge in [0, 0.05) is 32.7 Å². The van der Waals surface area contributed by atoms with E-state index >= 15 is 0 Å². The number of allylic oxidation sites excluding steroid dienone is 1. The molecule has 0 radical (unpaired) electrons. The smallest absolute Gasteiger partial charge is 0.0110 e. The molecule has 0 spiro atoms. The van der Waals surface area contributed by atoms with Crippen LogP contribution in [0, 0.1) is 5.92 Å². The van der Waals surface area contributed by atoms with Crippen LogP contribution in [-0.2, 0) is 0 Å². The van der Waals surface area contributed by atoms with Crippen molar-refractivity contribution < 1.29 is 0 Å². The van der Waals surface area contributed by atoms with Crippen LogP contribution in [0.1, 0.15) is 47.0 Å². The summed E-state index contributed by atoms with van der Waals surface area (Å²) in [6.07, 6.45) is 5.87. The van der Waals surface area contributed by atoms with Gasteiger partial charge >= 0.3 is 0 Å². The van der Waals surface area contributed by atoms with Gasteiger partial charge in [-0.15, -0.1) is 6.58 Å². The average Bonchev–Trinajstić information content (AvgIpc) is 2.54. The molecule has 0 aliphatic carbocycles. The molecule has 2 rings (SSSR count). The molecular formula is C19H41N3. The molecule has 0 atom stereocenters. The van der Waals surface area contributed by atoms with Gasteiger partial charge in [-0.2, -0.15) is 0 Å². The van der Waals surface area contributed by atoms with Gasteiger partial charge in [0.15, 0.2) is 0 Å². The molecule has 2 aliphatic rings. The zero-order chi connectivity index (χ0) is 16.8. The maximum Gasteiger partial charge on any atom is 0.0110 e. The molecule has 0 N–H and O–H groups in total. The zero-order valence-corrected chi connectivity index (χ0v) is 16.0. The van der Waals surface area contributed by atoms with Crippen molar-refractivity contribution in [2.75, 3.05) is 59.4 Å². The van der Waals surface area contributed by atoms with E-state index in [-0.39, 0.29) is 0 Å². The Morgan fingerprint density at radius 3 is 1.86 bits per heavy atom. The van der Waals surface area contributed by atoms with Gasteiger partial charge in [-0.3, -0.25) is 0 Å². The third-order valence-electron chi connectivity index (χ3n) is 4.36. The first-order valence-corrected chi connectivity index (χ1v) is 9.39. The van der Waals surface area contributed by atoms with E-state index < -0.39 is 0 Å². The van der Waals surface area contributed by atoms with Crippen LogP contribution in [0.15, 0.2) is 12.7 Å². The first-order chi connectivity index (χ1) is 10.7. The van der Waals surface area contributed by atoms with Crippen molar-refractivity contribution in [2.24, 2.45) is 5.92 Å². The summed E-state index contributed by atoms with van der Waals surface area (Å²) in [6, 6.07) is 0. The molecule has 0 aromatic heterocycles. The summed E-state index contributed by atoms with van der Waals surface area (Å²) in [5.74, 6) is 0.962. The van der Waals surface area contributed by atoms with Crippen molar-refractivity contribution in [3.8, 4) is 0 Å². The van der Waals surface area contributed by atoms with Gasteiger partial charge in [-0.25, -0.2) is 0 Å². The standard InChI is InChI=1S/C14H29N3.C3H6.C2H6/c1-3-6-16-9-11-17(12-10-16)13-14-4-7-15(2)8-5-14;1-3-2;1-2/h14H,3-13H2,1-2H3;3H,1H2,2H3;1-2H3. The van der Waals surface area contributed by atoms with Gasteiger partial charge in [-0.05, 0) is 58.8 Å². The van der Waals surface area contributed by atoms with Crippen LogP contribution in [0.5, 0.6) is 0 Å². The molecule has 2 saturated heterocycles. The van der Waals surface area contributed by atoms with Crippen molar-refractivity contribution in [3.05, 3.63) is 12.7 Å². The second kappa shape index (κ2) is 14.2. The summed E-state index contributed by atoms with van der Waals surface area (Å²) in [4.78, 5) is 7.78. The first kappa shape index (κ1) is 21.6. The van der Waals surface area contributed by atoms with Gasteiger partial charge in [0.1, 0.15) is 0 Å². The van der Waals surface area contributed by atoms with Crippen molar-refractivity contribution >= 4 is 0 Å². The normalized spacial score (nSPS) is 21.3. The molecule has 0 amide bonds. The molecule has 22 heavy (non-hydrogen) atoms. The van der Waals surface area contributed by atoms with Crippen molar-refractivity contribution in [1.82, 2.24) is 14.7 Å². The Balaban J connectivity index is 0.000000789. The number of hydrogen-bond acceptors (Lipinski definition) is 3. The fraction of sp³-hybridized carbons (Fsp3) is 0.895. The van der Waals surface area contributed by atoms with Crippen LogP contribution in [0.4, 0.5) is 0 Å².